The van der Waals surface area contributed by atoms with Crippen LogP contribution in [0.3, 0.4) is 0 Å². The van der Waals surface area contributed by atoms with Crippen molar-refractivity contribution in [2.24, 2.45) is 0 Å². The standard InChI is InChI=1S/C17H13NO2/c1-11-6-13-8-12(10-18)9-14(13)17(7-11)20-16-5-3-2-4-15(16)19/h2-7,9,19H,8H2,1H3. The Hall–Kier alpha value is -2.73. The van der Waals surface area contributed by atoms with Gasteiger partial charge in [0, 0.05) is 17.6 Å². The number of rotatable bonds is 2. The van der Waals surface area contributed by atoms with E-state index in [4.69, 9.17) is 10.00 Å². The SMILES string of the molecule is Cc1cc2c(c(Oc3ccccc3O)c1)C=C(C#N)C2. The predicted octanol–water partition coefficient (Wildman–Crippen LogP) is 3.96. The fraction of sp³-hybridized carbons (Fsp3) is 0.118. The summed E-state index contributed by atoms with van der Waals surface area (Å²) in [6.07, 6.45) is 2.49. The molecule has 0 unspecified atom stereocenters. The van der Waals surface area contributed by atoms with Crippen LogP contribution >= 0.6 is 0 Å². The topological polar surface area (TPSA) is 53.2 Å². The third-order valence-corrected chi connectivity index (χ3v) is 3.30. The van der Waals surface area contributed by atoms with E-state index >= 15 is 0 Å². The third-order valence-electron chi connectivity index (χ3n) is 3.30. The molecule has 0 amide bonds. The van der Waals surface area contributed by atoms with Crippen LogP contribution in [0.15, 0.2) is 42.0 Å². The minimum Gasteiger partial charge on any atom is -0.504 e. The van der Waals surface area contributed by atoms with Crippen LogP contribution in [0.4, 0.5) is 0 Å². The Labute approximate surface area is 117 Å². The van der Waals surface area contributed by atoms with E-state index in [0.29, 0.717) is 17.9 Å². The minimum absolute atomic E-state index is 0.102. The summed E-state index contributed by atoms with van der Waals surface area (Å²) in [6.45, 7) is 1.99. The number of ether oxygens (including phenoxy) is 1. The Morgan fingerprint density at radius 2 is 2.00 bits per heavy atom. The highest BCUT2D eigenvalue weighted by molar-refractivity contribution is 5.73. The number of para-hydroxylation sites is 2. The van der Waals surface area contributed by atoms with Crippen molar-refractivity contribution in [3.63, 3.8) is 0 Å². The maximum Gasteiger partial charge on any atom is 0.169 e. The van der Waals surface area contributed by atoms with Gasteiger partial charge in [0.15, 0.2) is 11.5 Å². The summed E-state index contributed by atoms with van der Waals surface area (Å²) in [4.78, 5) is 0. The van der Waals surface area contributed by atoms with E-state index in [9.17, 15) is 5.11 Å². The summed E-state index contributed by atoms with van der Waals surface area (Å²) in [5.41, 5.74) is 3.82. The van der Waals surface area contributed by atoms with Gasteiger partial charge in [-0.2, -0.15) is 5.26 Å². The lowest BCUT2D eigenvalue weighted by Gasteiger charge is -2.12. The number of aryl methyl sites for hydroxylation is 1. The average molecular weight is 263 g/mol. The van der Waals surface area contributed by atoms with Crippen LogP contribution in [0, 0.1) is 18.3 Å². The zero-order valence-electron chi connectivity index (χ0n) is 11.1. The molecule has 0 saturated heterocycles. The number of phenols is 1. The first kappa shape index (κ1) is 12.3. The minimum atomic E-state index is 0.102. The second-order valence-corrected chi connectivity index (χ2v) is 4.86. The van der Waals surface area contributed by atoms with Crippen molar-refractivity contribution < 1.29 is 9.84 Å². The van der Waals surface area contributed by atoms with Crippen LogP contribution in [0.5, 0.6) is 17.2 Å². The van der Waals surface area contributed by atoms with E-state index in [0.717, 1.165) is 22.3 Å². The Morgan fingerprint density at radius 3 is 2.75 bits per heavy atom. The highest BCUT2D eigenvalue weighted by Gasteiger charge is 2.18. The summed E-state index contributed by atoms with van der Waals surface area (Å²) >= 11 is 0. The van der Waals surface area contributed by atoms with Gasteiger partial charge in [0.25, 0.3) is 0 Å². The van der Waals surface area contributed by atoms with Gasteiger partial charge in [0.2, 0.25) is 0 Å². The number of hydrogen-bond donors (Lipinski definition) is 1. The second kappa shape index (κ2) is 4.75. The van der Waals surface area contributed by atoms with E-state index in [1.165, 1.54) is 0 Å². The van der Waals surface area contributed by atoms with Crippen LogP contribution in [-0.4, -0.2) is 5.11 Å². The molecule has 1 aliphatic carbocycles. The number of fused-ring (bicyclic) bond motifs is 1. The van der Waals surface area contributed by atoms with E-state index in [1.807, 2.05) is 25.1 Å². The van der Waals surface area contributed by atoms with Crippen molar-refractivity contribution in [3.8, 4) is 23.3 Å². The van der Waals surface area contributed by atoms with Crippen molar-refractivity contribution in [2.75, 3.05) is 0 Å². The lowest BCUT2D eigenvalue weighted by atomic mass is 10.1. The molecule has 0 atom stereocenters. The zero-order valence-corrected chi connectivity index (χ0v) is 11.1. The van der Waals surface area contributed by atoms with E-state index in [1.54, 1.807) is 18.2 Å². The van der Waals surface area contributed by atoms with Crippen LogP contribution < -0.4 is 4.74 Å². The smallest absolute Gasteiger partial charge is 0.169 e. The van der Waals surface area contributed by atoms with Gasteiger partial charge < -0.3 is 9.84 Å². The van der Waals surface area contributed by atoms with Crippen LogP contribution in [0.25, 0.3) is 6.08 Å². The maximum atomic E-state index is 9.80. The highest BCUT2D eigenvalue weighted by atomic mass is 16.5. The molecule has 0 bridgehead atoms. The average Bonchev–Trinajstić information content (AvgIpc) is 2.84. The van der Waals surface area contributed by atoms with Crippen LogP contribution in [0.2, 0.25) is 0 Å². The lowest BCUT2D eigenvalue weighted by molar-refractivity contribution is 0.410. The molecular weight excluding hydrogens is 250 g/mol. The lowest BCUT2D eigenvalue weighted by Crippen LogP contribution is -1.92. The number of aromatic hydroxyl groups is 1. The molecule has 20 heavy (non-hydrogen) atoms. The maximum absolute atomic E-state index is 9.80. The van der Waals surface area contributed by atoms with Crippen molar-refractivity contribution in [3.05, 3.63) is 58.7 Å². The molecule has 3 rings (SSSR count). The molecule has 0 spiro atoms. The number of allylic oxidation sites excluding steroid dienone is 1. The molecule has 1 aliphatic rings. The quantitative estimate of drug-likeness (QED) is 0.892. The molecule has 3 nitrogen and oxygen atoms in total. The molecule has 3 heteroatoms. The molecule has 2 aromatic rings. The fourth-order valence-electron chi connectivity index (χ4n) is 2.40. The van der Waals surface area contributed by atoms with Gasteiger partial charge in [-0.1, -0.05) is 18.2 Å². The molecule has 0 saturated carbocycles. The summed E-state index contributed by atoms with van der Waals surface area (Å²) in [5, 5.41) is 18.8. The summed E-state index contributed by atoms with van der Waals surface area (Å²) in [7, 11) is 0. The first-order valence-electron chi connectivity index (χ1n) is 6.37. The molecule has 0 aromatic heterocycles. The molecule has 0 fully saturated rings. The monoisotopic (exact) mass is 263 g/mol. The number of nitriles is 1. The van der Waals surface area contributed by atoms with Gasteiger partial charge >= 0.3 is 0 Å². The van der Waals surface area contributed by atoms with Gasteiger partial charge in [-0.25, -0.2) is 0 Å². The predicted molar refractivity (Wildman–Crippen MR) is 76.7 cm³/mol. The number of nitrogens with zero attached hydrogens (tertiary/aromatic N) is 1. The van der Waals surface area contributed by atoms with E-state index in [-0.39, 0.29) is 5.75 Å². The summed E-state index contributed by atoms with van der Waals surface area (Å²) < 4.78 is 5.82. The molecule has 98 valence electrons. The van der Waals surface area contributed by atoms with Gasteiger partial charge in [-0.05, 0) is 42.3 Å². The Bertz CT molecular complexity index is 754. The Kier molecular flexibility index (Phi) is 2.92. The number of hydrogen-bond acceptors (Lipinski definition) is 3. The molecule has 0 aliphatic heterocycles. The summed E-state index contributed by atoms with van der Waals surface area (Å²) in [5.74, 6) is 1.19. The van der Waals surface area contributed by atoms with Gasteiger partial charge in [0.1, 0.15) is 5.75 Å². The second-order valence-electron chi connectivity index (χ2n) is 4.86. The summed E-state index contributed by atoms with van der Waals surface area (Å²) in [6, 6.07) is 13.0. The van der Waals surface area contributed by atoms with E-state index in [2.05, 4.69) is 12.1 Å². The number of phenolic OH excluding ortho intramolecular Hbond substituents is 1. The van der Waals surface area contributed by atoms with Gasteiger partial charge in [-0.15, -0.1) is 0 Å². The largest absolute Gasteiger partial charge is 0.504 e. The van der Waals surface area contributed by atoms with Crippen molar-refractivity contribution in [1.82, 2.24) is 0 Å². The van der Waals surface area contributed by atoms with E-state index < -0.39 is 0 Å². The molecule has 0 heterocycles. The van der Waals surface area contributed by atoms with Crippen molar-refractivity contribution in [2.45, 2.75) is 13.3 Å². The molecule has 1 N–H and O–H groups in total. The van der Waals surface area contributed by atoms with Crippen molar-refractivity contribution >= 4 is 6.08 Å². The van der Waals surface area contributed by atoms with Crippen molar-refractivity contribution in [1.29, 1.82) is 5.26 Å². The third kappa shape index (κ3) is 2.12. The number of benzene rings is 2. The highest BCUT2D eigenvalue weighted by Crippen LogP contribution is 2.38. The molecular formula is C17H13NO2. The van der Waals surface area contributed by atoms with Crippen LogP contribution in [0.1, 0.15) is 16.7 Å². The van der Waals surface area contributed by atoms with Crippen LogP contribution in [-0.2, 0) is 6.42 Å². The first-order chi connectivity index (χ1) is 9.67. The normalized spacial score (nSPS) is 12.5. The fourth-order valence-corrected chi connectivity index (χ4v) is 2.40. The molecule has 0 radical (unpaired) electrons. The van der Waals surface area contributed by atoms with Gasteiger partial charge in [0.05, 0.1) is 6.07 Å². The Balaban J connectivity index is 2.05. The Morgan fingerprint density at radius 1 is 1.20 bits per heavy atom. The van der Waals surface area contributed by atoms with Gasteiger partial charge in [-0.3, -0.25) is 0 Å². The first-order valence-corrected chi connectivity index (χ1v) is 6.37. The zero-order chi connectivity index (χ0) is 14.1. The molecule has 2 aromatic carbocycles.